The highest BCUT2D eigenvalue weighted by Crippen LogP contribution is 2.32. The molecule has 0 bridgehead atoms. The average molecular weight is 366 g/mol. The van der Waals surface area contributed by atoms with Crippen molar-refractivity contribution in [3.8, 4) is 11.3 Å². The molecule has 0 saturated carbocycles. The summed E-state index contributed by atoms with van der Waals surface area (Å²) < 4.78 is 1.59. The largest absolute Gasteiger partial charge is 0.392 e. The minimum Gasteiger partial charge on any atom is -0.392 e. The number of pyridine rings is 1. The van der Waals surface area contributed by atoms with E-state index in [2.05, 4.69) is 15.6 Å². The van der Waals surface area contributed by atoms with Crippen LogP contribution < -0.4 is 16.2 Å². The SMILES string of the molecule is Cn1c(-c2ccc(C3(C)N=C(C4C[C@@H](O)CN4)NC3=O)cc2)cccc1=O. The number of β-amino-alcohol motifs (C(OH)–C–C–N with tert-alkyl or cyclic N) is 1. The molecule has 2 aliphatic heterocycles. The highest BCUT2D eigenvalue weighted by Gasteiger charge is 2.43. The zero-order valence-corrected chi connectivity index (χ0v) is 15.3. The van der Waals surface area contributed by atoms with E-state index in [4.69, 9.17) is 0 Å². The maximum atomic E-state index is 12.6. The lowest BCUT2D eigenvalue weighted by atomic mass is 9.91. The van der Waals surface area contributed by atoms with Crippen LogP contribution in [-0.2, 0) is 17.4 Å². The van der Waals surface area contributed by atoms with E-state index in [0.717, 1.165) is 16.8 Å². The molecule has 7 nitrogen and oxygen atoms in total. The Balaban J connectivity index is 1.65. The quantitative estimate of drug-likeness (QED) is 0.738. The molecule has 27 heavy (non-hydrogen) atoms. The smallest absolute Gasteiger partial charge is 0.257 e. The van der Waals surface area contributed by atoms with Crippen LogP contribution in [-0.4, -0.2) is 40.1 Å². The molecule has 1 aromatic carbocycles. The van der Waals surface area contributed by atoms with Gasteiger partial charge in [-0.25, -0.2) is 4.99 Å². The summed E-state index contributed by atoms with van der Waals surface area (Å²) in [5.74, 6) is 0.397. The molecular weight excluding hydrogens is 344 g/mol. The number of carbonyl (C=O) groups is 1. The molecule has 4 rings (SSSR count). The first-order chi connectivity index (χ1) is 12.9. The molecule has 1 fully saturated rings. The van der Waals surface area contributed by atoms with Crippen LogP contribution in [0.15, 0.2) is 52.3 Å². The van der Waals surface area contributed by atoms with Gasteiger partial charge in [-0.05, 0) is 30.5 Å². The molecule has 1 aromatic heterocycles. The van der Waals surface area contributed by atoms with Gasteiger partial charge in [0.2, 0.25) is 0 Å². The van der Waals surface area contributed by atoms with Gasteiger partial charge in [0.05, 0.1) is 17.8 Å². The van der Waals surface area contributed by atoms with Crippen LogP contribution in [0.25, 0.3) is 11.3 Å². The molecule has 1 saturated heterocycles. The van der Waals surface area contributed by atoms with Crippen molar-refractivity contribution in [2.45, 2.75) is 31.0 Å². The van der Waals surface area contributed by atoms with Crippen LogP contribution in [0.4, 0.5) is 0 Å². The van der Waals surface area contributed by atoms with E-state index in [1.807, 2.05) is 30.3 Å². The highest BCUT2D eigenvalue weighted by molar-refractivity contribution is 6.10. The minimum absolute atomic E-state index is 0.0702. The van der Waals surface area contributed by atoms with Gasteiger partial charge in [0.1, 0.15) is 5.84 Å². The van der Waals surface area contributed by atoms with Crippen LogP contribution >= 0.6 is 0 Å². The number of hydrogen-bond donors (Lipinski definition) is 3. The van der Waals surface area contributed by atoms with Crippen molar-refractivity contribution in [1.29, 1.82) is 0 Å². The van der Waals surface area contributed by atoms with Gasteiger partial charge in [-0.1, -0.05) is 30.3 Å². The van der Waals surface area contributed by atoms with Gasteiger partial charge in [0, 0.05) is 19.7 Å². The third-order valence-corrected chi connectivity index (χ3v) is 5.39. The summed E-state index contributed by atoms with van der Waals surface area (Å²) >= 11 is 0. The fourth-order valence-corrected chi connectivity index (χ4v) is 3.66. The molecule has 3 heterocycles. The number of hydrogen-bond acceptors (Lipinski definition) is 5. The standard InChI is InChI=1S/C20H22N4O3/c1-20(19(27)22-18(23-20)15-10-14(25)11-21-15)13-8-6-12(7-9-13)16-4-3-5-17(26)24(16)2/h3-9,14-15,21,25H,10-11H2,1-2H3,(H,22,23,27)/t14-,15?,20?/m1/s1. The van der Waals surface area contributed by atoms with Gasteiger partial charge in [0.15, 0.2) is 5.54 Å². The van der Waals surface area contributed by atoms with Crippen LogP contribution in [0, 0.1) is 0 Å². The van der Waals surface area contributed by atoms with Crippen molar-refractivity contribution in [3.63, 3.8) is 0 Å². The van der Waals surface area contributed by atoms with E-state index in [0.29, 0.717) is 18.8 Å². The topological polar surface area (TPSA) is 95.7 Å². The third kappa shape index (κ3) is 2.98. The Morgan fingerprint density at radius 2 is 1.93 bits per heavy atom. The van der Waals surface area contributed by atoms with Crippen LogP contribution in [0.1, 0.15) is 18.9 Å². The van der Waals surface area contributed by atoms with Crippen molar-refractivity contribution in [2.75, 3.05) is 6.54 Å². The van der Waals surface area contributed by atoms with Crippen molar-refractivity contribution in [2.24, 2.45) is 12.0 Å². The summed E-state index contributed by atoms with van der Waals surface area (Å²) in [7, 11) is 1.73. The van der Waals surface area contributed by atoms with Gasteiger partial charge in [-0.2, -0.15) is 0 Å². The molecule has 3 atom stereocenters. The molecule has 0 radical (unpaired) electrons. The Bertz CT molecular complexity index is 979. The number of benzene rings is 1. The molecular formula is C20H22N4O3. The summed E-state index contributed by atoms with van der Waals surface area (Å²) in [6.45, 7) is 2.29. The first-order valence-corrected chi connectivity index (χ1v) is 8.98. The van der Waals surface area contributed by atoms with Gasteiger partial charge >= 0.3 is 0 Å². The Kier molecular flexibility index (Phi) is 4.20. The molecule has 140 valence electrons. The number of aromatic nitrogens is 1. The summed E-state index contributed by atoms with van der Waals surface area (Å²) in [4.78, 5) is 29.1. The number of carbonyl (C=O) groups excluding carboxylic acids is 1. The fraction of sp³-hybridized carbons (Fsp3) is 0.350. The number of aliphatic hydroxyl groups excluding tert-OH is 1. The molecule has 3 N–H and O–H groups in total. The second kappa shape index (κ2) is 6.44. The number of amidine groups is 1. The minimum atomic E-state index is -1.01. The normalized spacial score (nSPS) is 27.5. The van der Waals surface area contributed by atoms with E-state index in [9.17, 15) is 14.7 Å². The molecule has 0 aliphatic carbocycles. The zero-order chi connectivity index (χ0) is 19.2. The van der Waals surface area contributed by atoms with E-state index >= 15 is 0 Å². The monoisotopic (exact) mass is 366 g/mol. The van der Waals surface area contributed by atoms with E-state index in [1.165, 1.54) is 6.07 Å². The lowest BCUT2D eigenvalue weighted by Crippen LogP contribution is -2.41. The average Bonchev–Trinajstić information content (AvgIpc) is 3.22. The summed E-state index contributed by atoms with van der Waals surface area (Å²) in [6.07, 6.45) is 0.120. The maximum Gasteiger partial charge on any atom is 0.257 e. The fourth-order valence-electron chi connectivity index (χ4n) is 3.66. The molecule has 7 heteroatoms. The summed E-state index contributed by atoms with van der Waals surface area (Å²) in [6, 6.07) is 12.5. The van der Waals surface area contributed by atoms with Gasteiger partial charge < -0.3 is 20.3 Å². The first kappa shape index (κ1) is 17.6. The second-order valence-electron chi connectivity index (χ2n) is 7.26. The Morgan fingerprint density at radius 1 is 1.19 bits per heavy atom. The number of nitrogens with zero attached hydrogens (tertiary/aromatic N) is 2. The van der Waals surface area contributed by atoms with Crippen molar-refractivity contribution < 1.29 is 9.90 Å². The van der Waals surface area contributed by atoms with E-state index in [-0.39, 0.29) is 17.5 Å². The number of amides is 1. The highest BCUT2D eigenvalue weighted by atomic mass is 16.3. The first-order valence-electron chi connectivity index (χ1n) is 8.98. The molecule has 2 unspecified atom stereocenters. The summed E-state index contributed by atoms with van der Waals surface area (Å²) in [5.41, 5.74) is 1.40. The molecule has 2 aliphatic rings. The third-order valence-electron chi connectivity index (χ3n) is 5.39. The zero-order valence-electron chi connectivity index (χ0n) is 15.3. The number of nitrogens with one attached hydrogen (secondary N) is 2. The van der Waals surface area contributed by atoms with Crippen LogP contribution in [0.5, 0.6) is 0 Å². The Morgan fingerprint density at radius 3 is 2.59 bits per heavy atom. The maximum absolute atomic E-state index is 12.6. The van der Waals surface area contributed by atoms with Crippen LogP contribution in [0.3, 0.4) is 0 Å². The van der Waals surface area contributed by atoms with Gasteiger partial charge in [0.25, 0.3) is 11.5 Å². The van der Waals surface area contributed by atoms with Crippen molar-refractivity contribution in [1.82, 2.24) is 15.2 Å². The van der Waals surface area contributed by atoms with E-state index < -0.39 is 11.6 Å². The predicted molar refractivity (Wildman–Crippen MR) is 102 cm³/mol. The number of aliphatic hydroxyl groups is 1. The van der Waals surface area contributed by atoms with E-state index in [1.54, 1.807) is 24.6 Å². The van der Waals surface area contributed by atoms with Crippen LogP contribution in [0.2, 0.25) is 0 Å². The lowest BCUT2D eigenvalue weighted by molar-refractivity contribution is -0.123. The Hall–Kier alpha value is -2.77. The molecule has 0 spiro atoms. The van der Waals surface area contributed by atoms with Gasteiger partial charge in [-0.15, -0.1) is 0 Å². The van der Waals surface area contributed by atoms with Gasteiger partial charge in [-0.3, -0.25) is 9.59 Å². The Labute approximate surface area is 156 Å². The molecule has 2 aromatic rings. The predicted octanol–water partition coefficient (Wildman–Crippen LogP) is 0.519. The second-order valence-corrected chi connectivity index (χ2v) is 7.26. The van der Waals surface area contributed by atoms with Crippen molar-refractivity contribution >= 4 is 11.7 Å². The summed E-state index contributed by atoms with van der Waals surface area (Å²) in [5, 5.41) is 15.7. The number of aliphatic imine (C=N–C) groups is 1. The molecule has 1 amide bonds. The number of rotatable bonds is 3. The lowest BCUT2D eigenvalue weighted by Gasteiger charge is -2.19. The van der Waals surface area contributed by atoms with Crippen molar-refractivity contribution in [3.05, 3.63) is 58.4 Å².